The Hall–Kier alpha value is -3.10. The normalized spacial score (nSPS) is 14.7. The molecule has 1 aromatic heterocycles. The summed E-state index contributed by atoms with van der Waals surface area (Å²) in [5, 5.41) is 3.38. The van der Waals surface area contributed by atoms with Crippen LogP contribution >= 0.6 is 11.6 Å². The lowest BCUT2D eigenvalue weighted by atomic mass is 10.0. The zero-order chi connectivity index (χ0) is 23.9. The Morgan fingerprint density at radius 3 is 2.38 bits per heavy atom. The fourth-order valence-corrected chi connectivity index (χ4v) is 4.49. The standard InChI is InChI=1S/C25H21ClF4N4/c26-20-14-16(4-9-21(20)27)15-34-22-3-1-2-19(17-5-7-18(8-6-17)25(28,29)30)23(22)32-24(34)33-12-10-31-11-13-33/h1-9,14,31H,10-13,15H2. The molecule has 0 unspecified atom stereocenters. The zero-order valence-corrected chi connectivity index (χ0v) is 18.8. The molecular weight excluding hydrogens is 468 g/mol. The second kappa shape index (κ2) is 8.92. The summed E-state index contributed by atoms with van der Waals surface area (Å²) in [6.45, 7) is 3.59. The molecule has 0 spiro atoms. The van der Waals surface area contributed by atoms with Gasteiger partial charge in [0.05, 0.1) is 28.2 Å². The highest BCUT2D eigenvalue weighted by Crippen LogP contribution is 2.35. The third-order valence-electron chi connectivity index (χ3n) is 6.01. The summed E-state index contributed by atoms with van der Waals surface area (Å²) in [6.07, 6.45) is -4.39. The molecular formula is C25H21ClF4N4. The zero-order valence-electron chi connectivity index (χ0n) is 18.0. The van der Waals surface area contributed by atoms with Gasteiger partial charge in [0.1, 0.15) is 5.82 Å². The summed E-state index contributed by atoms with van der Waals surface area (Å²) >= 11 is 6.01. The van der Waals surface area contributed by atoms with Crippen LogP contribution in [0.15, 0.2) is 60.7 Å². The second-order valence-corrected chi connectivity index (χ2v) is 8.64. The van der Waals surface area contributed by atoms with Crippen LogP contribution in [0.1, 0.15) is 11.1 Å². The number of hydrogen-bond acceptors (Lipinski definition) is 3. The molecule has 0 radical (unpaired) electrons. The molecule has 4 aromatic rings. The molecule has 0 bridgehead atoms. The number of piperazine rings is 1. The average molecular weight is 489 g/mol. The van der Waals surface area contributed by atoms with Crippen LogP contribution in [0.25, 0.3) is 22.2 Å². The molecule has 0 saturated carbocycles. The van der Waals surface area contributed by atoms with Gasteiger partial charge in [0.25, 0.3) is 0 Å². The highest BCUT2D eigenvalue weighted by molar-refractivity contribution is 6.30. The van der Waals surface area contributed by atoms with Crippen LogP contribution in [0.4, 0.5) is 23.5 Å². The van der Waals surface area contributed by atoms with Crippen LogP contribution in [0.2, 0.25) is 5.02 Å². The molecule has 0 atom stereocenters. The van der Waals surface area contributed by atoms with E-state index in [4.69, 9.17) is 16.6 Å². The second-order valence-electron chi connectivity index (χ2n) is 8.23. The van der Waals surface area contributed by atoms with E-state index in [1.54, 1.807) is 12.1 Å². The largest absolute Gasteiger partial charge is 0.416 e. The van der Waals surface area contributed by atoms with Crippen LogP contribution < -0.4 is 10.2 Å². The van der Waals surface area contributed by atoms with Crippen molar-refractivity contribution in [3.8, 4) is 11.1 Å². The topological polar surface area (TPSA) is 33.1 Å². The lowest BCUT2D eigenvalue weighted by Crippen LogP contribution is -2.44. The number of nitrogens with one attached hydrogen (secondary N) is 1. The van der Waals surface area contributed by atoms with Gasteiger partial charge in [-0.3, -0.25) is 0 Å². The van der Waals surface area contributed by atoms with Crippen molar-refractivity contribution < 1.29 is 17.6 Å². The maximum Gasteiger partial charge on any atom is 0.416 e. The van der Waals surface area contributed by atoms with E-state index < -0.39 is 17.6 Å². The van der Waals surface area contributed by atoms with Gasteiger partial charge >= 0.3 is 6.18 Å². The van der Waals surface area contributed by atoms with Gasteiger partial charge in [0.15, 0.2) is 0 Å². The van der Waals surface area contributed by atoms with Gasteiger partial charge in [0.2, 0.25) is 5.95 Å². The van der Waals surface area contributed by atoms with Crippen LogP contribution in [0, 0.1) is 5.82 Å². The van der Waals surface area contributed by atoms with E-state index in [9.17, 15) is 17.6 Å². The minimum Gasteiger partial charge on any atom is -0.340 e. The van der Waals surface area contributed by atoms with E-state index in [1.807, 2.05) is 18.2 Å². The van der Waals surface area contributed by atoms with Gasteiger partial charge in [-0.05, 0) is 41.5 Å². The molecule has 5 rings (SSSR count). The van der Waals surface area contributed by atoms with Crippen molar-refractivity contribution in [2.45, 2.75) is 12.7 Å². The number of rotatable bonds is 4. The maximum absolute atomic E-state index is 13.7. The Bertz CT molecular complexity index is 1330. The molecule has 1 aliphatic rings. The maximum atomic E-state index is 13.7. The van der Waals surface area contributed by atoms with Crippen LogP contribution in [0.3, 0.4) is 0 Å². The van der Waals surface area contributed by atoms with Gasteiger partial charge in [-0.1, -0.05) is 41.9 Å². The van der Waals surface area contributed by atoms with E-state index in [0.29, 0.717) is 17.6 Å². The number of para-hydroxylation sites is 1. The van der Waals surface area contributed by atoms with Gasteiger partial charge in [-0.25, -0.2) is 9.37 Å². The smallest absolute Gasteiger partial charge is 0.340 e. The quantitative estimate of drug-likeness (QED) is 0.359. The molecule has 9 heteroatoms. The van der Waals surface area contributed by atoms with Gasteiger partial charge in [0, 0.05) is 31.7 Å². The van der Waals surface area contributed by atoms with E-state index in [2.05, 4.69) is 14.8 Å². The Labute approximate surface area is 198 Å². The number of halogens is 5. The number of benzene rings is 3. The van der Waals surface area contributed by atoms with E-state index >= 15 is 0 Å². The summed E-state index contributed by atoms with van der Waals surface area (Å²) in [7, 11) is 0. The van der Waals surface area contributed by atoms with Crippen molar-refractivity contribution in [3.05, 3.63) is 82.6 Å². The third-order valence-corrected chi connectivity index (χ3v) is 6.30. The fraction of sp³-hybridized carbons (Fsp3) is 0.240. The molecule has 0 aliphatic carbocycles. The minimum atomic E-state index is -4.39. The van der Waals surface area contributed by atoms with Crippen molar-refractivity contribution in [2.24, 2.45) is 0 Å². The first-order chi connectivity index (χ1) is 16.3. The number of fused-ring (bicyclic) bond motifs is 1. The molecule has 0 amide bonds. The lowest BCUT2D eigenvalue weighted by molar-refractivity contribution is -0.137. The van der Waals surface area contributed by atoms with E-state index in [-0.39, 0.29) is 5.02 Å². The molecule has 1 aliphatic heterocycles. The third kappa shape index (κ3) is 4.35. The molecule has 1 saturated heterocycles. The number of nitrogens with zero attached hydrogens (tertiary/aromatic N) is 3. The molecule has 176 valence electrons. The first-order valence-electron chi connectivity index (χ1n) is 10.9. The molecule has 3 aromatic carbocycles. The molecule has 4 nitrogen and oxygen atoms in total. The first-order valence-corrected chi connectivity index (χ1v) is 11.3. The van der Waals surface area contributed by atoms with Crippen LogP contribution in [-0.2, 0) is 12.7 Å². The average Bonchev–Trinajstić information content (AvgIpc) is 3.20. The SMILES string of the molecule is Fc1ccc(Cn2c(N3CCNCC3)nc3c(-c4ccc(C(F)(F)F)cc4)cccc32)cc1Cl. The molecule has 2 heterocycles. The Morgan fingerprint density at radius 2 is 1.71 bits per heavy atom. The first kappa shape index (κ1) is 22.7. The van der Waals surface area contributed by atoms with Crippen molar-refractivity contribution >= 4 is 28.6 Å². The summed E-state index contributed by atoms with van der Waals surface area (Å²) in [6, 6.07) is 15.4. The lowest BCUT2D eigenvalue weighted by Gasteiger charge is -2.29. The van der Waals surface area contributed by atoms with Crippen LogP contribution in [-0.4, -0.2) is 35.7 Å². The number of imidazole rings is 1. The summed E-state index contributed by atoms with van der Waals surface area (Å²) in [5.41, 5.74) is 3.07. The summed E-state index contributed by atoms with van der Waals surface area (Å²) in [4.78, 5) is 7.13. The monoisotopic (exact) mass is 488 g/mol. The Morgan fingerprint density at radius 1 is 0.971 bits per heavy atom. The van der Waals surface area contributed by atoms with Gasteiger partial charge in [-0.15, -0.1) is 0 Å². The highest BCUT2D eigenvalue weighted by Gasteiger charge is 2.30. The van der Waals surface area contributed by atoms with E-state index in [1.165, 1.54) is 18.2 Å². The van der Waals surface area contributed by atoms with Crippen molar-refractivity contribution in [3.63, 3.8) is 0 Å². The summed E-state index contributed by atoms with van der Waals surface area (Å²) < 4.78 is 54.9. The van der Waals surface area contributed by atoms with Crippen molar-refractivity contribution in [1.82, 2.24) is 14.9 Å². The number of hydrogen-bond donors (Lipinski definition) is 1. The summed E-state index contributed by atoms with van der Waals surface area (Å²) in [5.74, 6) is 0.282. The van der Waals surface area contributed by atoms with E-state index in [0.717, 1.165) is 60.9 Å². The molecule has 1 N–H and O–H groups in total. The highest BCUT2D eigenvalue weighted by atomic mass is 35.5. The van der Waals surface area contributed by atoms with Gasteiger partial charge in [-0.2, -0.15) is 13.2 Å². The minimum absolute atomic E-state index is 0.0519. The molecule has 1 fully saturated rings. The molecule has 34 heavy (non-hydrogen) atoms. The number of anilines is 1. The predicted molar refractivity (Wildman–Crippen MR) is 126 cm³/mol. The van der Waals surface area contributed by atoms with Crippen LogP contribution in [0.5, 0.6) is 0 Å². The number of alkyl halides is 3. The van der Waals surface area contributed by atoms with Crippen molar-refractivity contribution in [1.29, 1.82) is 0 Å². The Balaban J connectivity index is 1.63. The number of aromatic nitrogens is 2. The fourth-order valence-electron chi connectivity index (χ4n) is 4.29. The Kier molecular flexibility index (Phi) is 5.95. The predicted octanol–water partition coefficient (Wildman–Crippen LogP) is 5.97. The van der Waals surface area contributed by atoms with Crippen molar-refractivity contribution in [2.75, 3.05) is 31.1 Å². The van der Waals surface area contributed by atoms with Gasteiger partial charge < -0.3 is 14.8 Å².